The lowest BCUT2D eigenvalue weighted by atomic mass is 9.80. The molecule has 2 rings (SSSR count). The summed E-state index contributed by atoms with van der Waals surface area (Å²) in [5.74, 6) is 1.47. The number of hydrogen-bond acceptors (Lipinski definition) is 4. The van der Waals surface area contributed by atoms with Crippen molar-refractivity contribution >= 4 is 9.84 Å². The first kappa shape index (κ1) is 16.2. The zero-order valence-electron chi connectivity index (χ0n) is 13.0. The van der Waals surface area contributed by atoms with Crippen LogP contribution in [0.4, 0.5) is 0 Å². The van der Waals surface area contributed by atoms with Crippen LogP contribution < -0.4 is 5.32 Å². The van der Waals surface area contributed by atoms with E-state index in [2.05, 4.69) is 19.2 Å². The molecular formula is C15H29NO3S. The molecule has 2 fully saturated rings. The van der Waals surface area contributed by atoms with Gasteiger partial charge in [-0.1, -0.05) is 13.8 Å². The lowest BCUT2D eigenvalue weighted by Crippen LogP contribution is -2.53. The average molecular weight is 303 g/mol. The molecule has 2 aliphatic rings. The molecule has 2 atom stereocenters. The van der Waals surface area contributed by atoms with Crippen LogP contribution >= 0.6 is 0 Å². The van der Waals surface area contributed by atoms with Crippen molar-refractivity contribution in [3.63, 3.8) is 0 Å². The summed E-state index contributed by atoms with van der Waals surface area (Å²) >= 11 is 0. The van der Waals surface area contributed by atoms with Gasteiger partial charge in [-0.05, 0) is 43.9 Å². The van der Waals surface area contributed by atoms with Gasteiger partial charge in [0.1, 0.15) is 0 Å². The molecule has 0 radical (unpaired) electrons. The molecule has 0 spiro atoms. The molecule has 0 amide bonds. The van der Waals surface area contributed by atoms with E-state index >= 15 is 0 Å². The molecular weight excluding hydrogens is 274 g/mol. The van der Waals surface area contributed by atoms with Gasteiger partial charge in [-0.25, -0.2) is 8.42 Å². The maximum absolute atomic E-state index is 12.2. The summed E-state index contributed by atoms with van der Waals surface area (Å²) in [4.78, 5) is 0. The quantitative estimate of drug-likeness (QED) is 0.863. The molecule has 2 unspecified atom stereocenters. The molecule has 0 aromatic carbocycles. The van der Waals surface area contributed by atoms with Gasteiger partial charge in [-0.3, -0.25) is 0 Å². The van der Waals surface area contributed by atoms with Crippen LogP contribution in [0.5, 0.6) is 0 Å². The van der Waals surface area contributed by atoms with Gasteiger partial charge in [0.25, 0.3) is 0 Å². The summed E-state index contributed by atoms with van der Waals surface area (Å²) in [6.45, 7) is 6.30. The van der Waals surface area contributed by atoms with Gasteiger partial charge in [0.05, 0.1) is 4.75 Å². The van der Waals surface area contributed by atoms with E-state index in [1.165, 1.54) is 25.5 Å². The molecule has 0 aromatic rings. The van der Waals surface area contributed by atoms with Crippen molar-refractivity contribution in [1.29, 1.82) is 0 Å². The third kappa shape index (κ3) is 3.74. The molecule has 5 heteroatoms. The molecule has 1 aliphatic carbocycles. The second-order valence-corrected chi connectivity index (χ2v) is 9.47. The summed E-state index contributed by atoms with van der Waals surface area (Å²) in [7, 11) is -3.06. The minimum absolute atomic E-state index is 0.468. The van der Waals surface area contributed by atoms with Crippen molar-refractivity contribution in [1.82, 2.24) is 5.32 Å². The fraction of sp³-hybridized carbons (Fsp3) is 1.00. The zero-order chi connectivity index (χ0) is 14.8. The van der Waals surface area contributed by atoms with Crippen LogP contribution in [0.15, 0.2) is 0 Å². The van der Waals surface area contributed by atoms with Gasteiger partial charge in [0.2, 0.25) is 0 Å². The highest BCUT2D eigenvalue weighted by Crippen LogP contribution is 2.31. The van der Waals surface area contributed by atoms with Crippen LogP contribution in [0, 0.1) is 11.8 Å². The highest BCUT2D eigenvalue weighted by molar-refractivity contribution is 7.92. The number of rotatable bonds is 4. The Morgan fingerprint density at radius 1 is 1.10 bits per heavy atom. The number of nitrogens with one attached hydrogen (secondary N) is 1. The van der Waals surface area contributed by atoms with Gasteiger partial charge in [-0.2, -0.15) is 0 Å². The van der Waals surface area contributed by atoms with Gasteiger partial charge in [-0.15, -0.1) is 0 Å². The van der Waals surface area contributed by atoms with E-state index in [0.29, 0.717) is 38.6 Å². The van der Waals surface area contributed by atoms with E-state index in [9.17, 15) is 8.42 Å². The Morgan fingerprint density at radius 2 is 1.65 bits per heavy atom. The summed E-state index contributed by atoms with van der Waals surface area (Å²) in [5, 5.41) is 3.56. The van der Waals surface area contributed by atoms with Crippen molar-refractivity contribution in [2.24, 2.45) is 11.8 Å². The van der Waals surface area contributed by atoms with Crippen LogP contribution in [-0.2, 0) is 14.6 Å². The Labute approximate surface area is 123 Å². The Balaban J connectivity index is 1.99. The topological polar surface area (TPSA) is 55.4 Å². The first-order chi connectivity index (χ1) is 9.32. The third-order valence-electron chi connectivity index (χ3n) is 5.08. The highest BCUT2D eigenvalue weighted by Gasteiger charge is 2.42. The van der Waals surface area contributed by atoms with E-state index in [0.717, 1.165) is 11.8 Å². The van der Waals surface area contributed by atoms with Crippen LogP contribution in [0.2, 0.25) is 0 Å². The lowest BCUT2D eigenvalue weighted by molar-refractivity contribution is 0.0726. The molecule has 1 saturated heterocycles. The summed E-state index contributed by atoms with van der Waals surface area (Å²) in [6.07, 6.45) is 6.25. The van der Waals surface area contributed by atoms with E-state index in [4.69, 9.17) is 4.74 Å². The highest BCUT2D eigenvalue weighted by atomic mass is 32.2. The molecule has 1 aliphatic heterocycles. The standard InChI is InChI=1S/C15H29NO3S/c1-12-8-13(2)10-14(9-12)16-11-15(20(3,17)18)4-6-19-7-5-15/h12-14,16H,4-11H2,1-3H3. The fourth-order valence-corrected chi connectivity index (χ4v) is 5.12. The zero-order valence-corrected chi connectivity index (χ0v) is 13.8. The Morgan fingerprint density at radius 3 is 2.15 bits per heavy atom. The van der Waals surface area contributed by atoms with Crippen molar-refractivity contribution in [2.45, 2.75) is 56.7 Å². The van der Waals surface area contributed by atoms with Gasteiger partial charge in [0.15, 0.2) is 9.84 Å². The molecule has 0 aromatic heterocycles. The largest absolute Gasteiger partial charge is 0.381 e. The van der Waals surface area contributed by atoms with Crippen LogP contribution in [0.3, 0.4) is 0 Å². The van der Waals surface area contributed by atoms with Crippen molar-refractivity contribution < 1.29 is 13.2 Å². The molecule has 1 heterocycles. The minimum atomic E-state index is -3.06. The first-order valence-corrected chi connectivity index (χ1v) is 9.72. The number of hydrogen-bond donors (Lipinski definition) is 1. The average Bonchev–Trinajstić information content (AvgIpc) is 2.35. The van der Waals surface area contributed by atoms with E-state index in [1.807, 2.05) is 0 Å². The summed E-state index contributed by atoms with van der Waals surface area (Å²) in [6, 6.07) is 0.468. The van der Waals surface area contributed by atoms with Crippen molar-refractivity contribution in [3.8, 4) is 0 Å². The summed E-state index contributed by atoms with van der Waals surface area (Å²) in [5.41, 5.74) is 0. The van der Waals surface area contributed by atoms with E-state index < -0.39 is 14.6 Å². The van der Waals surface area contributed by atoms with E-state index in [-0.39, 0.29) is 0 Å². The Bertz CT molecular complexity index is 405. The molecule has 118 valence electrons. The van der Waals surface area contributed by atoms with Gasteiger partial charge >= 0.3 is 0 Å². The first-order valence-electron chi connectivity index (χ1n) is 7.83. The lowest BCUT2D eigenvalue weighted by Gasteiger charge is -2.39. The second-order valence-electron chi connectivity index (χ2n) is 7.06. The number of sulfone groups is 1. The third-order valence-corrected chi connectivity index (χ3v) is 7.21. The predicted octanol–water partition coefficient (Wildman–Crippen LogP) is 1.99. The normalized spacial score (nSPS) is 34.9. The fourth-order valence-electron chi connectivity index (χ4n) is 3.87. The van der Waals surface area contributed by atoms with Crippen molar-refractivity contribution in [2.75, 3.05) is 26.0 Å². The predicted molar refractivity (Wildman–Crippen MR) is 81.6 cm³/mol. The smallest absolute Gasteiger partial charge is 0.154 e. The minimum Gasteiger partial charge on any atom is -0.381 e. The van der Waals surface area contributed by atoms with Gasteiger partial charge in [0, 0.05) is 32.1 Å². The number of ether oxygens (including phenoxy) is 1. The molecule has 0 bridgehead atoms. The molecule has 20 heavy (non-hydrogen) atoms. The van der Waals surface area contributed by atoms with E-state index in [1.54, 1.807) is 0 Å². The Kier molecular flexibility index (Phi) is 5.14. The SMILES string of the molecule is CC1CC(C)CC(NCC2(S(C)(=O)=O)CCOCC2)C1. The molecule has 4 nitrogen and oxygen atoms in total. The second kappa shape index (κ2) is 6.32. The molecule has 1 N–H and O–H groups in total. The van der Waals surface area contributed by atoms with Crippen molar-refractivity contribution in [3.05, 3.63) is 0 Å². The maximum atomic E-state index is 12.2. The van der Waals surface area contributed by atoms with Gasteiger partial charge < -0.3 is 10.1 Å². The molecule has 1 saturated carbocycles. The van der Waals surface area contributed by atoms with Crippen LogP contribution in [0.1, 0.15) is 46.0 Å². The van der Waals surface area contributed by atoms with Crippen LogP contribution in [-0.4, -0.2) is 45.2 Å². The Hall–Kier alpha value is -0.130. The van der Waals surface area contributed by atoms with Crippen LogP contribution in [0.25, 0.3) is 0 Å². The summed E-state index contributed by atoms with van der Waals surface area (Å²) < 4.78 is 29.2. The maximum Gasteiger partial charge on any atom is 0.154 e. The monoisotopic (exact) mass is 303 g/mol.